The zero-order valence-corrected chi connectivity index (χ0v) is 15.8. The van der Waals surface area contributed by atoms with Crippen molar-refractivity contribution in [1.82, 2.24) is 0 Å². The van der Waals surface area contributed by atoms with Gasteiger partial charge in [0.05, 0.1) is 5.54 Å². The van der Waals surface area contributed by atoms with Crippen LogP contribution in [0.15, 0.2) is 53.5 Å². The van der Waals surface area contributed by atoms with Crippen molar-refractivity contribution in [1.29, 1.82) is 16.2 Å². The lowest BCUT2D eigenvalue weighted by Crippen LogP contribution is -2.16. The van der Waals surface area contributed by atoms with Crippen LogP contribution in [0.3, 0.4) is 0 Å². The summed E-state index contributed by atoms with van der Waals surface area (Å²) in [4.78, 5) is 4.59. The highest BCUT2D eigenvalue weighted by Gasteiger charge is 2.12. The molecule has 0 aliphatic heterocycles. The first-order valence-corrected chi connectivity index (χ1v) is 8.71. The molecule has 0 aliphatic carbocycles. The highest BCUT2D eigenvalue weighted by atomic mass is 14.8. The molecule has 4 nitrogen and oxygen atoms in total. The minimum Gasteiger partial charge on any atom is -0.308 e. The summed E-state index contributed by atoms with van der Waals surface area (Å²) in [6, 6.07) is 15.1. The average Bonchev–Trinajstić information content (AvgIpc) is 2.67. The van der Waals surface area contributed by atoms with E-state index in [-0.39, 0.29) is 5.54 Å². The van der Waals surface area contributed by atoms with Crippen molar-refractivity contribution in [2.45, 2.75) is 39.2 Å². The Labute approximate surface area is 156 Å². The van der Waals surface area contributed by atoms with Gasteiger partial charge in [-0.3, -0.25) is 4.99 Å². The Morgan fingerprint density at radius 1 is 0.731 bits per heavy atom. The van der Waals surface area contributed by atoms with Crippen LogP contribution in [0.4, 0.5) is 0 Å². The molecular weight excluding hydrogens is 320 g/mol. The van der Waals surface area contributed by atoms with E-state index >= 15 is 0 Å². The van der Waals surface area contributed by atoms with E-state index in [0.717, 1.165) is 35.1 Å². The van der Waals surface area contributed by atoms with Gasteiger partial charge in [-0.1, -0.05) is 61.9 Å². The lowest BCUT2D eigenvalue weighted by Gasteiger charge is -2.17. The van der Waals surface area contributed by atoms with Crippen LogP contribution in [0.25, 0.3) is 0 Å². The lowest BCUT2D eigenvalue weighted by molar-refractivity contribution is 0.476. The van der Waals surface area contributed by atoms with Gasteiger partial charge in [-0.2, -0.15) is 0 Å². The molecule has 0 aliphatic rings. The van der Waals surface area contributed by atoms with E-state index in [0.29, 0.717) is 0 Å². The SMILES string of the molecule is CCCC(C)(C)N=Cc1ccc(C=N)cc1.N=Cc1ccc(C=N)cc1. The average molecular weight is 348 g/mol. The topological polar surface area (TPSA) is 83.9 Å². The van der Waals surface area contributed by atoms with Crippen LogP contribution in [0.2, 0.25) is 0 Å². The van der Waals surface area contributed by atoms with Crippen molar-refractivity contribution in [3.63, 3.8) is 0 Å². The molecule has 0 spiro atoms. The highest BCUT2D eigenvalue weighted by Crippen LogP contribution is 2.16. The molecule has 3 N–H and O–H groups in total. The van der Waals surface area contributed by atoms with Gasteiger partial charge >= 0.3 is 0 Å². The van der Waals surface area contributed by atoms with Crippen LogP contribution in [-0.4, -0.2) is 30.4 Å². The van der Waals surface area contributed by atoms with Crippen molar-refractivity contribution in [2.24, 2.45) is 4.99 Å². The smallest absolute Gasteiger partial charge is 0.0552 e. The summed E-state index contributed by atoms with van der Waals surface area (Å²) in [6.07, 6.45) is 8.09. The number of rotatable bonds is 7. The molecular formula is C22H28N4. The summed E-state index contributed by atoms with van der Waals surface area (Å²) in [5.74, 6) is 0. The molecule has 2 aromatic carbocycles. The number of hydrogen-bond acceptors (Lipinski definition) is 4. The van der Waals surface area contributed by atoms with Gasteiger partial charge in [0.25, 0.3) is 0 Å². The molecule has 0 radical (unpaired) electrons. The summed E-state index contributed by atoms with van der Waals surface area (Å²) < 4.78 is 0. The Bertz CT molecular complexity index is 699. The number of hydrogen-bond donors (Lipinski definition) is 3. The molecule has 26 heavy (non-hydrogen) atoms. The normalized spacial score (nSPS) is 10.7. The second kappa shape index (κ2) is 10.9. The Kier molecular flexibility index (Phi) is 8.85. The number of benzene rings is 2. The van der Waals surface area contributed by atoms with E-state index in [1.165, 1.54) is 18.6 Å². The van der Waals surface area contributed by atoms with Gasteiger partial charge in [0.1, 0.15) is 0 Å². The Morgan fingerprint density at radius 2 is 1.08 bits per heavy atom. The molecule has 4 heteroatoms. The predicted molar refractivity (Wildman–Crippen MR) is 113 cm³/mol. The quantitative estimate of drug-likeness (QED) is 0.563. The molecule has 0 atom stereocenters. The van der Waals surface area contributed by atoms with Crippen LogP contribution in [0.1, 0.15) is 55.9 Å². The Hall–Kier alpha value is -2.88. The maximum Gasteiger partial charge on any atom is 0.0552 e. The van der Waals surface area contributed by atoms with Gasteiger partial charge in [0.2, 0.25) is 0 Å². The molecule has 0 amide bonds. The maximum absolute atomic E-state index is 7.11. The molecule has 0 saturated carbocycles. The lowest BCUT2D eigenvalue weighted by atomic mass is 10.00. The van der Waals surface area contributed by atoms with Gasteiger partial charge in [0.15, 0.2) is 0 Å². The van der Waals surface area contributed by atoms with E-state index in [9.17, 15) is 0 Å². The minimum absolute atomic E-state index is 0.0228. The zero-order valence-electron chi connectivity index (χ0n) is 15.8. The molecule has 0 heterocycles. The van der Waals surface area contributed by atoms with E-state index in [1.807, 2.05) is 54.7 Å². The second-order valence-corrected chi connectivity index (χ2v) is 6.59. The standard InChI is InChI=1S/C14H20N2.C8H8N2/c1-4-9-14(2,3)16-11-13-7-5-12(10-15)6-8-13;9-5-7-1-2-8(6-10)4-3-7/h5-8,10-11,15H,4,9H2,1-3H3;1-6,9-10H. The largest absolute Gasteiger partial charge is 0.308 e. The molecule has 0 bridgehead atoms. The first-order chi connectivity index (χ1) is 12.4. The van der Waals surface area contributed by atoms with Gasteiger partial charge in [-0.05, 0) is 42.5 Å². The summed E-state index contributed by atoms with van der Waals surface area (Å²) in [5, 5.41) is 20.9. The van der Waals surface area contributed by atoms with Crippen LogP contribution in [-0.2, 0) is 0 Å². The highest BCUT2D eigenvalue weighted by molar-refractivity contribution is 5.83. The monoisotopic (exact) mass is 348 g/mol. The third kappa shape index (κ3) is 7.79. The maximum atomic E-state index is 7.11. The summed E-state index contributed by atoms with van der Waals surface area (Å²) in [6.45, 7) is 6.48. The molecule has 0 saturated heterocycles. The molecule has 2 aromatic rings. The molecule has 0 unspecified atom stereocenters. The third-order valence-electron chi connectivity index (χ3n) is 3.80. The van der Waals surface area contributed by atoms with Crippen molar-refractivity contribution < 1.29 is 0 Å². The van der Waals surface area contributed by atoms with E-state index in [2.05, 4.69) is 25.8 Å². The van der Waals surface area contributed by atoms with Crippen molar-refractivity contribution in [3.05, 3.63) is 70.8 Å². The molecule has 136 valence electrons. The zero-order chi connectivity index (χ0) is 19.4. The van der Waals surface area contributed by atoms with Crippen molar-refractivity contribution in [2.75, 3.05) is 0 Å². The van der Waals surface area contributed by atoms with Crippen LogP contribution in [0.5, 0.6) is 0 Å². The molecule has 0 fully saturated rings. The van der Waals surface area contributed by atoms with Crippen molar-refractivity contribution >= 4 is 24.9 Å². The number of nitrogens with zero attached hydrogens (tertiary/aromatic N) is 1. The van der Waals surface area contributed by atoms with Crippen molar-refractivity contribution in [3.8, 4) is 0 Å². The second-order valence-electron chi connectivity index (χ2n) is 6.59. The van der Waals surface area contributed by atoms with Gasteiger partial charge in [0, 0.05) is 24.9 Å². The summed E-state index contributed by atoms with van der Waals surface area (Å²) in [7, 11) is 0. The number of aliphatic imine (C=N–C) groups is 1. The summed E-state index contributed by atoms with van der Waals surface area (Å²) >= 11 is 0. The van der Waals surface area contributed by atoms with Crippen LogP contribution >= 0.6 is 0 Å². The fourth-order valence-corrected chi connectivity index (χ4v) is 2.29. The Balaban J connectivity index is 0.000000289. The minimum atomic E-state index is 0.0228. The van der Waals surface area contributed by atoms with E-state index in [4.69, 9.17) is 16.2 Å². The fourth-order valence-electron chi connectivity index (χ4n) is 2.29. The summed E-state index contributed by atoms with van der Waals surface area (Å²) in [5.41, 5.74) is 3.77. The molecule has 0 aromatic heterocycles. The third-order valence-corrected chi connectivity index (χ3v) is 3.80. The van der Waals surface area contributed by atoms with Crippen LogP contribution < -0.4 is 0 Å². The number of nitrogens with one attached hydrogen (secondary N) is 3. The first kappa shape index (κ1) is 21.2. The van der Waals surface area contributed by atoms with Gasteiger partial charge < -0.3 is 16.2 Å². The molecule has 2 rings (SSSR count). The first-order valence-electron chi connectivity index (χ1n) is 8.71. The Morgan fingerprint density at radius 3 is 1.38 bits per heavy atom. The van der Waals surface area contributed by atoms with Crippen LogP contribution in [0, 0.1) is 16.2 Å². The fraction of sp³-hybridized carbons (Fsp3) is 0.273. The van der Waals surface area contributed by atoms with E-state index < -0.39 is 0 Å². The van der Waals surface area contributed by atoms with Gasteiger partial charge in [-0.25, -0.2) is 0 Å². The predicted octanol–water partition coefficient (Wildman–Crippen LogP) is 5.36. The van der Waals surface area contributed by atoms with E-state index in [1.54, 1.807) is 0 Å². The van der Waals surface area contributed by atoms with Gasteiger partial charge in [-0.15, -0.1) is 0 Å².